The highest BCUT2D eigenvalue weighted by Gasteiger charge is 1.83. The summed E-state index contributed by atoms with van der Waals surface area (Å²) in [6.07, 6.45) is 17.8. The topological polar surface area (TPSA) is 24.4 Å². The van der Waals surface area contributed by atoms with Crippen molar-refractivity contribution in [3.8, 4) is 0 Å². The summed E-state index contributed by atoms with van der Waals surface area (Å²) in [5.74, 6) is 0. The molecule has 0 aromatic heterocycles. The van der Waals surface area contributed by atoms with Gasteiger partial charge in [0.05, 0.1) is 0 Å². The van der Waals surface area contributed by atoms with Gasteiger partial charge in [-0.15, -0.1) is 0 Å². The summed E-state index contributed by atoms with van der Waals surface area (Å²) in [6.45, 7) is 9.86. The summed E-state index contributed by atoms with van der Waals surface area (Å²) in [6, 6.07) is 0. The van der Waals surface area contributed by atoms with Gasteiger partial charge in [0.2, 0.25) is 0 Å². The van der Waals surface area contributed by atoms with Crippen LogP contribution in [0.25, 0.3) is 0 Å². The van der Waals surface area contributed by atoms with Crippen LogP contribution in [0.3, 0.4) is 0 Å². The first-order valence-corrected chi connectivity index (χ1v) is 6.29. The van der Waals surface area contributed by atoms with Gasteiger partial charge in [-0.05, 0) is 32.3 Å². The standard InChI is InChI=1S/C16H24N2/c1-5-16(6-2)13-10-12-15(4)11-8-9-14-18-17-7-3/h5,7,9-14,18H,1,6,8H2,2-4H3/b12-10+,14-9-,15-11+,16-13+,17-7-. The zero-order chi connectivity index (χ0) is 13.6. The second-order valence-electron chi connectivity index (χ2n) is 3.76. The van der Waals surface area contributed by atoms with Crippen LogP contribution >= 0.6 is 0 Å². The van der Waals surface area contributed by atoms with Crippen LogP contribution in [0.15, 0.2) is 65.5 Å². The highest BCUT2D eigenvalue weighted by atomic mass is 15.3. The van der Waals surface area contributed by atoms with Crippen molar-refractivity contribution in [2.24, 2.45) is 5.10 Å². The Labute approximate surface area is 111 Å². The molecule has 0 spiro atoms. The van der Waals surface area contributed by atoms with E-state index in [0.29, 0.717) is 0 Å². The molecule has 0 unspecified atom stereocenters. The van der Waals surface area contributed by atoms with E-state index in [1.165, 1.54) is 11.1 Å². The van der Waals surface area contributed by atoms with Crippen molar-refractivity contribution in [1.29, 1.82) is 0 Å². The summed E-state index contributed by atoms with van der Waals surface area (Å²) in [7, 11) is 0. The minimum Gasteiger partial charge on any atom is -0.286 e. The fraction of sp³-hybridized carbons (Fsp3) is 0.312. The van der Waals surface area contributed by atoms with Crippen molar-refractivity contribution in [2.75, 3.05) is 0 Å². The molecule has 0 aliphatic rings. The maximum atomic E-state index is 3.86. The van der Waals surface area contributed by atoms with E-state index >= 15 is 0 Å². The molecule has 0 saturated carbocycles. The molecule has 2 nitrogen and oxygen atoms in total. The van der Waals surface area contributed by atoms with E-state index in [2.05, 4.69) is 55.3 Å². The fourth-order valence-corrected chi connectivity index (χ4v) is 1.21. The lowest BCUT2D eigenvalue weighted by Gasteiger charge is -1.93. The van der Waals surface area contributed by atoms with Crippen LogP contribution < -0.4 is 5.43 Å². The molecule has 0 fully saturated rings. The average Bonchev–Trinajstić information content (AvgIpc) is 2.39. The quantitative estimate of drug-likeness (QED) is 0.379. The van der Waals surface area contributed by atoms with E-state index in [1.807, 2.05) is 25.3 Å². The minimum absolute atomic E-state index is 0.897. The number of hydrazone groups is 1. The predicted octanol–water partition coefficient (Wildman–Crippen LogP) is 4.51. The summed E-state index contributed by atoms with van der Waals surface area (Å²) in [4.78, 5) is 0. The molecular weight excluding hydrogens is 220 g/mol. The van der Waals surface area contributed by atoms with Crippen LogP contribution in [-0.4, -0.2) is 6.21 Å². The van der Waals surface area contributed by atoms with Crippen LogP contribution in [-0.2, 0) is 0 Å². The number of nitrogens with one attached hydrogen (secondary N) is 1. The number of hydrogen-bond acceptors (Lipinski definition) is 2. The van der Waals surface area contributed by atoms with E-state index in [1.54, 1.807) is 6.21 Å². The van der Waals surface area contributed by atoms with E-state index in [9.17, 15) is 0 Å². The molecule has 0 rings (SSSR count). The highest BCUT2D eigenvalue weighted by molar-refractivity contribution is 5.52. The minimum atomic E-state index is 0.897. The van der Waals surface area contributed by atoms with Gasteiger partial charge in [0.15, 0.2) is 0 Å². The van der Waals surface area contributed by atoms with Crippen LogP contribution in [0.1, 0.15) is 33.6 Å². The van der Waals surface area contributed by atoms with Gasteiger partial charge >= 0.3 is 0 Å². The van der Waals surface area contributed by atoms with Crippen LogP contribution in [0.4, 0.5) is 0 Å². The third kappa shape index (κ3) is 9.40. The Kier molecular flexibility index (Phi) is 10.5. The van der Waals surface area contributed by atoms with Crippen LogP contribution in [0, 0.1) is 0 Å². The number of rotatable bonds is 8. The Balaban J connectivity index is 4.11. The van der Waals surface area contributed by atoms with Gasteiger partial charge in [0.1, 0.15) is 0 Å². The zero-order valence-corrected chi connectivity index (χ0v) is 11.7. The Hall–Kier alpha value is -1.83. The Bertz CT molecular complexity index is 369. The molecule has 18 heavy (non-hydrogen) atoms. The van der Waals surface area contributed by atoms with Crippen molar-refractivity contribution in [3.05, 3.63) is 60.4 Å². The van der Waals surface area contributed by atoms with Crippen molar-refractivity contribution in [3.63, 3.8) is 0 Å². The molecule has 0 aromatic carbocycles. The van der Waals surface area contributed by atoms with Gasteiger partial charge < -0.3 is 0 Å². The van der Waals surface area contributed by atoms with Gasteiger partial charge in [0.25, 0.3) is 0 Å². The molecular formula is C16H24N2. The second kappa shape index (κ2) is 11.6. The Morgan fingerprint density at radius 3 is 2.78 bits per heavy atom. The average molecular weight is 244 g/mol. The first-order chi connectivity index (χ1) is 8.74. The molecule has 0 atom stereocenters. The monoisotopic (exact) mass is 244 g/mol. The van der Waals surface area contributed by atoms with Crippen molar-refractivity contribution >= 4 is 6.21 Å². The molecule has 0 aromatic rings. The van der Waals surface area contributed by atoms with Gasteiger partial charge in [-0.1, -0.05) is 55.5 Å². The molecule has 0 aliphatic carbocycles. The molecule has 0 amide bonds. The molecule has 0 heterocycles. The Morgan fingerprint density at radius 2 is 2.17 bits per heavy atom. The zero-order valence-electron chi connectivity index (χ0n) is 11.7. The third-order valence-corrected chi connectivity index (χ3v) is 2.31. The van der Waals surface area contributed by atoms with Gasteiger partial charge in [-0.25, -0.2) is 0 Å². The first-order valence-electron chi connectivity index (χ1n) is 6.29. The van der Waals surface area contributed by atoms with Crippen molar-refractivity contribution in [2.45, 2.75) is 33.6 Å². The largest absolute Gasteiger partial charge is 0.286 e. The summed E-state index contributed by atoms with van der Waals surface area (Å²) in [5, 5.41) is 3.86. The molecule has 2 heteroatoms. The van der Waals surface area contributed by atoms with Gasteiger partial charge in [-0.2, -0.15) is 5.10 Å². The third-order valence-electron chi connectivity index (χ3n) is 2.31. The molecule has 0 bridgehead atoms. The molecule has 0 radical (unpaired) electrons. The molecule has 0 aliphatic heterocycles. The maximum absolute atomic E-state index is 3.86. The smallest absolute Gasteiger partial charge is 0.0215 e. The van der Waals surface area contributed by atoms with E-state index in [4.69, 9.17) is 0 Å². The van der Waals surface area contributed by atoms with Crippen molar-refractivity contribution < 1.29 is 0 Å². The first kappa shape index (κ1) is 16.2. The SMILES string of the molecule is C=C\C(=C/C=C/C(C)=C/C/C=C\N/N=C\C)CC. The number of nitrogens with zero attached hydrogens (tertiary/aromatic N) is 1. The number of allylic oxidation sites excluding steroid dienone is 8. The lowest BCUT2D eigenvalue weighted by Crippen LogP contribution is -1.91. The van der Waals surface area contributed by atoms with Crippen LogP contribution in [0.2, 0.25) is 0 Å². The highest BCUT2D eigenvalue weighted by Crippen LogP contribution is 2.03. The molecule has 0 saturated heterocycles. The summed E-state index contributed by atoms with van der Waals surface area (Å²) < 4.78 is 0. The van der Waals surface area contributed by atoms with Crippen LogP contribution in [0.5, 0.6) is 0 Å². The van der Waals surface area contributed by atoms with Gasteiger partial charge in [-0.3, -0.25) is 5.43 Å². The fourth-order valence-electron chi connectivity index (χ4n) is 1.21. The maximum Gasteiger partial charge on any atom is 0.0215 e. The second-order valence-corrected chi connectivity index (χ2v) is 3.76. The van der Waals surface area contributed by atoms with Gasteiger partial charge in [0, 0.05) is 12.4 Å². The van der Waals surface area contributed by atoms with E-state index in [-0.39, 0.29) is 0 Å². The van der Waals surface area contributed by atoms with Crippen molar-refractivity contribution in [1.82, 2.24) is 5.43 Å². The molecule has 1 N–H and O–H groups in total. The summed E-state index contributed by atoms with van der Waals surface area (Å²) >= 11 is 0. The normalized spacial score (nSPS) is 13.9. The molecule has 98 valence electrons. The Morgan fingerprint density at radius 1 is 1.39 bits per heavy atom. The number of hydrogen-bond donors (Lipinski definition) is 1. The lowest BCUT2D eigenvalue weighted by atomic mass is 10.1. The summed E-state index contributed by atoms with van der Waals surface area (Å²) in [5.41, 5.74) is 5.30. The van der Waals surface area contributed by atoms with E-state index < -0.39 is 0 Å². The predicted molar refractivity (Wildman–Crippen MR) is 82.5 cm³/mol. The lowest BCUT2D eigenvalue weighted by molar-refractivity contribution is 0.966. The van der Waals surface area contributed by atoms with E-state index in [0.717, 1.165) is 12.8 Å².